The van der Waals surface area contributed by atoms with E-state index in [4.69, 9.17) is 11.6 Å². The van der Waals surface area contributed by atoms with Gasteiger partial charge in [0, 0.05) is 17.4 Å². The molecule has 1 aromatic carbocycles. The van der Waals surface area contributed by atoms with Crippen LogP contribution in [0.1, 0.15) is 29.9 Å². The van der Waals surface area contributed by atoms with E-state index >= 15 is 0 Å². The largest absolute Gasteiger partial charge is 0.307 e. The normalized spacial score (nSPS) is 12.4. The zero-order valence-corrected chi connectivity index (χ0v) is 12.3. The van der Waals surface area contributed by atoms with Crippen molar-refractivity contribution < 1.29 is 4.39 Å². The number of aryl methyl sites for hydroxylation is 1. The lowest BCUT2D eigenvalue weighted by Crippen LogP contribution is -2.25. The Labute approximate surface area is 123 Å². The molecule has 1 unspecified atom stereocenters. The molecule has 0 radical (unpaired) electrons. The van der Waals surface area contributed by atoms with Crippen molar-refractivity contribution in [3.05, 3.63) is 58.4 Å². The summed E-state index contributed by atoms with van der Waals surface area (Å²) in [5.74, 6) is 0.392. The SMILES string of the molecule is CCNC(Cc1ccc(F)cc1Cl)c1ncc(C)cn1. The van der Waals surface area contributed by atoms with Crippen molar-refractivity contribution in [1.29, 1.82) is 0 Å². The molecule has 2 rings (SSSR count). The van der Waals surface area contributed by atoms with E-state index in [0.717, 1.165) is 23.5 Å². The molecule has 0 bridgehead atoms. The summed E-state index contributed by atoms with van der Waals surface area (Å²) in [5, 5.41) is 3.76. The molecule has 0 fully saturated rings. The van der Waals surface area contributed by atoms with E-state index in [2.05, 4.69) is 15.3 Å². The average molecular weight is 294 g/mol. The molecule has 1 N–H and O–H groups in total. The molecule has 0 aliphatic heterocycles. The van der Waals surface area contributed by atoms with Crippen LogP contribution in [0, 0.1) is 12.7 Å². The standard InChI is InChI=1S/C15H17ClFN3/c1-3-18-14(15-19-8-10(2)9-20-15)6-11-4-5-12(17)7-13(11)16/h4-5,7-9,14,18H,3,6H2,1-2H3. The lowest BCUT2D eigenvalue weighted by atomic mass is 10.0. The molecule has 3 nitrogen and oxygen atoms in total. The van der Waals surface area contributed by atoms with Crippen molar-refractivity contribution in [3.63, 3.8) is 0 Å². The van der Waals surface area contributed by atoms with Crippen LogP contribution in [-0.2, 0) is 6.42 Å². The maximum absolute atomic E-state index is 13.1. The molecular formula is C15H17ClFN3. The summed E-state index contributed by atoms with van der Waals surface area (Å²) < 4.78 is 13.1. The van der Waals surface area contributed by atoms with Crippen LogP contribution >= 0.6 is 11.6 Å². The molecule has 0 spiro atoms. The number of hydrogen-bond donors (Lipinski definition) is 1. The summed E-state index contributed by atoms with van der Waals surface area (Å²) in [5.41, 5.74) is 1.90. The minimum Gasteiger partial charge on any atom is -0.307 e. The smallest absolute Gasteiger partial charge is 0.145 e. The zero-order valence-electron chi connectivity index (χ0n) is 11.5. The Balaban J connectivity index is 2.22. The lowest BCUT2D eigenvalue weighted by molar-refractivity contribution is 0.520. The van der Waals surface area contributed by atoms with Gasteiger partial charge >= 0.3 is 0 Å². The first-order valence-corrected chi connectivity index (χ1v) is 6.93. The summed E-state index contributed by atoms with van der Waals surface area (Å²) in [6.45, 7) is 4.76. The van der Waals surface area contributed by atoms with Crippen molar-refractivity contribution in [2.24, 2.45) is 0 Å². The summed E-state index contributed by atoms with van der Waals surface area (Å²) in [6, 6.07) is 4.41. The van der Waals surface area contributed by atoms with E-state index in [0.29, 0.717) is 11.4 Å². The predicted octanol–water partition coefficient (Wildman–Crippen LogP) is 3.47. The highest BCUT2D eigenvalue weighted by molar-refractivity contribution is 6.31. The van der Waals surface area contributed by atoms with Gasteiger partial charge in [0.25, 0.3) is 0 Å². The quantitative estimate of drug-likeness (QED) is 0.917. The summed E-state index contributed by atoms with van der Waals surface area (Å²) in [6.07, 6.45) is 4.20. The first-order chi connectivity index (χ1) is 9.60. The van der Waals surface area contributed by atoms with Gasteiger partial charge < -0.3 is 5.32 Å². The number of hydrogen-bond acceptors (Lipinski definition) is 3. The van der Waals surface area contributed by atoms with E-state index in [1.165, 1.54) is 12.1 Å². The van der Waals surface area contributed by atoms with E-state index in [1.54, 1.807) is 18.5 Å². The Morgan fingerprint density at radius 2 is 2.00 bits per heavy atom. The third kappa shape index (κ3) is 3.74. The number of rotatable bonds is 5. The molecule has 1 aromatic heterocycles. The van der Waals surface area contributed by atoms with Crippen LogP contribution in [0.15, 0.2) is 30.6 Å². The monoisotopic (exact) mass is 293 g/mol. The Hall–Kier alpha value is -1.52. The predicted molar refractivity (Wildman–Crippen MR) is 78.3 cm³/mol. The van der Waals surface area contributed by atoms with Crippen molar-refractivity contribution in [1.82, 2.24) is 15.3 Å². The third-order valence-electron chi connectivity index (χ3n) is 3.00. The van der Waals surface area contributed by atoms with Gasteiger partial charge in [0.1, 0.15) is 11.6 Å². The number of aromatic nitrogens is 2. The number of benzene rings is 1. The zero-order chi connectivity index (χ0) is 14.5. The van der Waals surface area contributed by atoms with Crippen LogP contribution in [0.4, 0.5) is 4.39 Å². The number of likely N-dealkylation sites (N-methyl/N-ethyl adjacent to an activating group) is 1. The topological polar surface area (TPSA) is 37.8 Å². The Bertz CT molecular complexity index is 572. The molecule has 5 heteroatoms. The van der Waals surface area contributed by atoms with Crippen molar-refractivity contribution in [2.45, 2.75) is 26.3 Å². The molecular weight excluding hydrogens is 277 g/mol. The Morgan fingerprint density at radius 3 is 2.60 bits per heavy atom. The van der Waals surface area contributed by atoms with Gasteiger partial charge in [-0.05, 0) is 43.1 Å². The van der Waals surface area contributed by atoms with Crippen LogP contribution in [-0.4, -0.2) is 16.5 Å². The summed E-state index contributed by atoms with van der Waals surface area (Å²) in [7, 11) is 0. The van der Waals surface area contributed by atoms with Crippen molar-refractivity contribution >= 4 is 11.6 Å². The van der Waals surface area contributed by atoms with Gasteiger partial charge in [0.15, 0.2) is 0 Å². The van der Waals surface area contributed by atoms with Crippen LogP contribution in [0.3, 0.4) is 0 Å². The molecule has 106 valence electrons. The maximum Gasteiger partial charge on any atom is 0.145 e. The highest BCUT2D eigenvalue weighted by atomic mass is 35.5. The second-order valence-corrected chi connectivity index (χ2v) is 5.08. The molecule has 2 aromatic rings. The average Bonchev–Trinajstić information content (AvgIpc) is 2.42. The molecule has 0 saturated carbocycles. The Kier molecular flexibility index (Phi) is 5.04. The third-order valence-corrected chi connectivity index (χ3v) is 3.35. The fourth-order valence-corrected chi connectivity index (χ4v) is 2.24. The van der Waals surface area contributed by atoms with Crippen LogP contribution in [0.25, 0.3) is 0 Å². The highest BCUT2D eigenvalue weighted by Crippen LogP contribution is 2.23. The minimum absolute atomic E-state index is 0.0384. The van der Waals surface area contributed by atoms with Crippen LogP contribution in [0.2, 0.25) is 5.02 Å². The van der Waals surface area contributed by atoms with Gasteiger partial charge in [0.05, 0.1) is 6.04 Å². The van der Waals surface area contributed by atoms with E-state index in [9.17, 15) is 4.39 Å². The van der Waals surface area contributed by atoms with Gasteiger partial charge in [-0.1, -0.05) is 24.6 Å². The van der Waals surface area contributed by atoms with E-state index < -0.39 is 0 Å². The second-order valence-electron chi connectivity index (χ2n) is 4.67. The molecule has 1 heterocycles. The second kappa shape index (κ2) is 6.77. The fraction of sp³-hybridized carbons (Fsp3) is 0.333. The lowest BCUT2D eigenvalue weighted by Gasteiger charge is -2.17. The van der Waals surface area contributed by atoms with Crippen LogP contribution in [0.5, 0.6) is 0 Å². The highest BCUT2D eigenvalue weighted by Gasteiger charge is 2.15. The molecule has 20 heavy (non-hydrogen) atoms. The molecule has 1 atom stereocenters. The molecule has 0 aliphatic carbocycles. The van der Waals surface area contributed by atoms with Gasteiger partial charge in [-0.25, -0.2) is 14.4 Å². The van der Waals surface area contributed by atoms with E-state index in [-0.39, 0.29) is 11.9 Å². The summed E-state index contributed by atoms with van der Waals surface area (Å²) in [4.78, 5) is 8.70. The van der Waals surface area contributed by atoms with Gasteiger partial charge in [0.2, 0.25) is 0 Å². The van der Waals surface area contributed by atoms with Crippen LogP contribution < -0.4 is 5.32 Å². The number of nitrogens with zero attached hydrogens (tertiary/aromatic N) is 2. The molecule has 0 saturated heterocycles. The molecule has 0 aliphatic rings. The van der Waals surface area contributed by atoms with Gasteiger partial charge in [-0.15, -0.1) is 0 Å². The maximum atomic E-state index is 13.1. The number of halogens is 2. The minimum atomic E-state index is -0.328. The summed E-state index contributed by atoms with van der Waals surface area (Å²) >= 11 is 6.08. The number of nitrogens with one attached hydrogen (secondary N) is 1. The Morgan fingerprint density at radius 1 is 1.30 bits per heavy atom. The molecule has 0 amide bonds. The van der Waals surface area contributed by atoms with Crippen molar-refractivity contribution in [3.8, 4) is 0 Å². The fourth-order valence-electron chi connectivity index (χ4n) is 1.99. The first kappa shape index (κ1) is 14.9. The van der Waals surface area contributed by atoms with Gasteiger partial charge in [-0.2, -0.15) is 0 Å². The van der Waals surface area contributed by atoms with Crippen molar-refractivity contribution in [2.75, 3.05) is 6.54 Å². The van der Waals surface area contributed by atoms with E-state index in [1.807, 2.05) is 13.8 Å². The first-order valence-electron chi connectivity index (χ1n) is 6.56. The van der Waals surface area contributed by atoms with Gasteiger partial charge in [-0.3, -0.25) is 0 Å².